The highest BCUT2D eigenvalue weighted by Gasteiger charge is 2.26. The molecule has 2 atom stereocenters. The summed E-state index contributed by atoms with van der Waals surface area (Å²) in [5.41, 5.74) is 6.73. The summed E-state index contributed by atoms with van der Waals surface area (Å²) >= 11 is 5.80. The maximum absolute atomic E-state index is 12.2. The Hall–Kier alpha value is -1.83. The van der Waals surface area contributed by atoms with Gasteiger partial charge in [0.1, 0.15) is 0 Å². The van der Waals surface area contributed by atoms with Crippen molar-refractivity contribution in [3.63, 3.8) is 0 Å². The molecule has 7 nitrogen and oxygen atoms in total. The molecule has 0 aliphatic carbocycles. The normalized spacial score (nSPS) is 18.8. The zero-order valence-corrected chi connectivity index (χ0v) is 14.4. The number of morpholine rings is 1. The number of rotatable bonds is 5. The van der Waals surface area contributed by atoms with Crippen LogP contribution < -0.4 is 16.4 Å². The van der Waals surface area contributed by atoms with Crippen LogP contribution in [0.1, 0.15) is 12.5 Å². The zero-order valence-electron chi connectivity index (χ0n) is 13.6. The van der Waals surface area contributed by atoms with Gasteiger partial charge in [-0.3, -0.25) is 4.79 Å². The molecular weight excluding hydrogens is 332 g/mol. The smallest absolute Gasteiger partial charge is 0.315 e. The summed E-state index contributed by atoms with van der Waals surface area (Å²) in [7, 11) is 0. The fourth-order valence-electron chi connectivity index (χ4n) is 2.33. The number of hydrogen-bond acceptors (Lipinski definition) is 4. The third-order valence-electron chi connectivity index (χ3n) is 3.80. The number of hydrogen-bond donors (Lipinski definition) is 3. The third-order valence-corrected chi connectivity index (χ3v) is 4.05. The molecule has 0 aromatic heterocycles. The van der Waals surface area contributed by atoms with Crippen molar-refractivity contribution >= 4 is 23.5 Å². The van der Waals surface area contributed by atoms with Crippen molar-refractivity contribution in [1.29, 1.82) is 0 Å². The molecule has 0 bridgehead atoms. The van der Waals surface area contributed by atoms with Gasteiger partial charge in [0.05, 0.1) is 19.3 Å². The molecule has 0 radical (unpaired) electrons. The average molecular weight is 355 g/mol. The van der Waals surface area contributed by atoms with Gasteiger partial charge in [-0.15, -0.1) is 0 Å². The van der Waals surface area contributed by atoms with E-state index in [4.69, 9.17) is 22.1 Å². The second-order valence-electron chi connectivity index (χ2n) is 5.77. The molecule has 1 aliphatic rings. The number of urea groups is 1. The Morgan fingerprint density at radius 1 is 1.38 bits per heavy atom. The predicted octanol–water partition coefficient (Wildman–Crippen LogP) is 0.714. The molecule has 2 rings (SSSR count). The van der Waals surface area contributed by atoms with E-state index in [1.807, 2.05) is 19.1 Å². The quantitative estimate of drug-likeness (QED) is 0.725. The van der Waals surface area contributed by atoms with Crippen molar-refractivity contribution in [3.05, 3.63) is 34.9 Å². The number of amides is 3. The van der Waals surface area contributed by atoms with Gasteiger partial charge in [0, 0.05) is 30.7 Å². The summed E-state index contributed by atoms with van der Waals surface area (Å²) in [4.78, 5) is 25.6. The highest BCUT2D eigenvalue weighted by Crippen LogP contribution is 2.09. The van der Waals surface area contributed by atoms with Crippen LogP contribution in [0.4, 0.5) is 4.79 Å². The van der Waals surface area contributed by atoms with Gasteiger partial charge in [0.2, 0.25) is 5.91 Å². The fourth-order valence-corrected chi connectivity index (χ4v) is 2.46. The Morgan fingerprint density at radius 2 is 2.08 bits per heavy atom. The molecule has 8 heteroatoms. The number of carbonyl (C=O) groups is 2. The molecule has 1 aromatic rings. The van der Waals surface area contributed by atoms with Gasteiger partial charge in [0.25, 0.3) is 0 Å². The van der Waals surface area contributed by atoms with Gasteiger partial charge in [-0.25, -0.2) is 4.79 Å². The number of halogens is 1. The molecule has 132 valence electrons. The van der Waals surface area contributed by atoms with Crippen LogP contribution in [0.25, 0.3) is 0 Å². The van der Waals surface area contributed by atoms with Crippen molar-refractivity contribution in [1.82, 2.24) is 15.5 Å². The third kappa shape index (κ3) is 5.67. The van der Waals surface area contributed by atoms with E-state index in [9.17, 15) is 9.59 Å². The molecule has 0 unspecified atom stereocenters. The summed E-state index contributed by atoms with van der Waals surface area (Å²) in [5.74, 6) is -0.148. The van der Waals surface area contributed by atoms with Crippen LogP contribution in [0.3, 0.4) is 0 Å². The van der Waals surface area contributed by atoms with E-state index in [1.165, 1.54) is 0 Å². The lowest BCUT2D eigenvalue weighted by Crippen LogP contribution is -2.53. The van der Waals surface area contributed by atoms with E-state index >= 15 is 0 Å². The number of nitrogens with two attached hydrogens (primary N) is 1. The fraction of sp³-hybridized carbons (Fsp3) is 0.500. The average Bonchev–Trinajstić information content (AvgIpc) is 2.59. The van der Waals surface area contributed by atoms with E-state index in [0.717, 1.165) is 5.56 Å². The van der Waals surface area contributed by atoms with Crippen molar-refractivity contribution in [3.8, 4) is 0 Å². The summed E-state index contributed by atoms with van der Waals surface area (Å²) in [5, 5.41) is 5.90. The highest BCUT2D eigenvalue weighted by molar-refractivity contribution is 6.30. The second-order valence-corrected chi connectivity index (χ2v) is 6.21. The molecule has 1 aliphatic heterocycles. The monoisotopic (exact) mass is 354 g/mol. The standard InChI is InChI=1S/C16H23ClN4O3/c1-11(18)14-10-21(6-7-24-14)15(22)9-20-16(23)19-8-12-2-4-13(17)5-3-12/h2-5,11,14H,6-10,18H2,1H3,(H2,19,20,23)/t11-,14-/m1/s1. The van der Waals surface area contributed by atoms with Crippen LogP contribution >= 0.6 is 11.6 Å². The molecule has 1 fully saturated rings. The van der Waals surface area contributed by atoms with Crippen molar-refractivity contribution in [2.75, 3.05) is 26.2 Å². The largest absolute Gasteiger partial charge is 0.373 e. The lowest BCUT2D eigenvalue weighted by atomic mass is 10.1. The molecule has 3 amide bonds. The summed E-state index contributed by atoms with van der Waals surface area (Å²) < 4.78 is 5.51. The van der Waals surface area contributed by atoms with Crippen molar-refractivity contribution in [2.24, 2.45) is 5.73 Å². The molecule has 1 heterocycles. The van der Waals surface area contributed by atoms with Crippen molar-refractivity contribution < 1.29 is 14.3 Å². The summed E-state index contributed by atoms with van der Waals surface area (Å²) in [6.07, 6.45) is -0.165. The lowest BCUT2D eigenvalue weighted by Gasteiger charge is -2.34. The van der Waals surface area contributed by atoms with Gasteiger partial charge in [0.15, 0.2) is 0 Å². The number of nitrogens with zero attached hydrogens (tertiary/aromatic N) is 1. The zero-order chi connectivity index (χ0) is 17.5. The van der Waals surface area contributed by atoms with Gasteiger partial charge in [-0.2, -0.15) is 0 Å². The van der Waals surface area contributed by atoms with Crippen LogP contribution in [0, 0.1) is 0 Å². The SMILES string of the molecule is C[C@@H](N)[C@H]1CN(C(=O)CNC(=O)NCc2ccc(Cl)cc2)CCO1. The first-order valence-corrected chi connectivity index (χ1v) is 8.24. The van der Waals surface area contributed by atoms with Crippen LogP contribution in [-0.2, 0) is 16.1 Å². The lowest BCUT2D eigenvalue weighted by molar-refractivity contribution is -0.138. The minimum Gasteiger partial charge on any atom is -0.373 e. The summed E-state index contributed by atoms with van der Waals surface area (Å²) in [6.45, 7) is 3.57. The van der Waals surface area contributed by atoms with E-state index in [1.54, 1.807) is 17.0 Å². The first-order valence-electron chi connectivity index (χ1n) is 7.87. The molecule has 1 saturated heterocycles. The number of carbonyl (C=O) groups excluding carboxylic acids is 2. The maximum atomic E-state index is 12.2. The van der Waals surface area contributed by atoms with Crippen LogP contribution in [0.2, 0.25) is 5.02 Å². The maximum Gasteiger partial charge on any atom is 0.315 e. The molecule has 1 aromatic carbocycles. The van der Waals surface area contributed by atoms with Crippen molar-refractivity contribution in [2.45, 2.75) is 25.6 Å². The molecule has 4 N–H and O–H groups in total. The Labute approximate surface area is 146 Å². The Morgan fingerprint density at radius 3 is 2.75 bits per heavy atom. The highest BCUT2D eigenvalue weighted by atomic mass is 35.5. The predicted molar refractivity (Wildman–Crippen MR) is 91.7 cm³/mol. The van der Waals surface area contributed by atoms with E-state index < -0.39 is 6.03 Å². The first-order chi connectivity index (χ1) is 11.5. The van der Waals surface area contributed by atoms with E-state index in [-0.39, 0.29) is 24.6 Å². The summed E-state index contributed by atoms with van der Waals surface area (Å²) in [6, 6.07) is 6.64. The minimum absolute atomic E-state index is 0.0574. The number of nitrogens with one attached hydrogen (secondary N) is 2. The minimum atomic E-state index is -0.393. The topological polar surface area (TPSA) is 96.7 Å². The Kier molecular flexibility index (Phi) is 6.84. The number of ether oxygens (including phenoxy) is 1. The van der Waals surface area contributed by atoms with Crippen LogP contribution in [0.5, 0.6) is 0 Å². The Balaban J connectivity index is 1.71. The van der Waals surface area contributed by atoms with E-state index in [2.05, 4.69) is 10.6 Å². The molecule has 24 heavy (non-hydrogen) atoms. The number of benzene rings is 1. The molecule has 0 saturated carbocycles. The molecular formula is C16H23ClN4O3. The van der Waals surface area contributed by atoms with Gasteiger partial charge in [-0.1, -0.05) is 23.7 Å². The van der Waals surface area contributed by atoms with Gasteiger partial charge in [-0.05, 0) is 24.6 Å². The van der Waals surface area contributed by atoms with Gasteiger partial charge < -0.3 is 26.0 Å². The van der Waals surface area contributed by atoms with Crippen LogP contribution in [0.15, 0.2) is 24.3 Å². The molecule has 0 spiro atoms. The first kappa shape index (κ1) is 18.5. The van der Waals surface area contributed by atoms with Gasteiger partial charge >= 0.3 is 6.03 Å². The Bertz CT molecular complexity index is 565. The second kappa shape index (κ2) is 8.86. The van der Waals surface area contributed by atoms with Crippen LogP contribution in [-0.4, -0.2) is 55.2 Å². The van der Waals surface area contributed by atoms with E-state index in [0.29, 0.717) is 31.3 Å².